The van der Waals surface area contributed by atoms with Crippen LogP contribution in [-0.4, -0.2) is 14.2 Å². The van der Waals surface area contributed by atoms with Gasteiger partial charge in [-0.15, -0.1) is 5.11 Å². The van der Waals surface area contributed by atoms with Gasteiger partial charge in [0.1, 0.15) is 0 Å². The minimum absolute atomic E-state index is 0.133. The fraction of sp³-hybridized carbons (Fsp3) is 0.0833. The van der Waals surface area contributed by atoms with Gasteiger partial charge in [0.05, 0.1) is 17.1 Å². The standard InChI is InChI=1S/C24H19BrN4O2S/c1-15-7-13-19(14-8-15)28-22(30)21(27-26-18-11-9-17(25)10-12-18)23(31)29(24(28)32)20-6-4-3-5-16(20)2/h3-14,31H,1-2H3. The minimum atomic E-state index is -0.554. The largest absolute Gasteiger partial charge is 0.492 e. The van der Waals surface area contributed by atoms with E-state index in [-0.39, 0.29) is 16.3 Å². The number of rotatable bonds is 4. The first-order valence-electron chi connectivity index (χ1n) is 9.78. The van der Waals surface area contributed by atoms with Gasteiger partial charge in [-0.2, -0.15) is 5.11 Å². The Hall–Kier alpha value is -3.36. The Morgan fingerprint density at radius 2 is 1.53 bits per heavy atom. The molecule has 0 atom stereocenters. The van der Waals surface area contributed by atoms with E-state index in [4.69, 9.17) is 12.2 Å². The number of hydrogen-bond donors (Lipinski definition) is 1. The lowest BCUT2D eigenvalue weighted by Gasteiger charge is -2.17. The smallest absolute Gasteiger partial charge is 0.290 e. The Labute approximate surface area is 198 Å². The van der Waals surface area contributed by atoms with Gasteiger partial charge in [0.25, 0.3) is 5.56 Å². The van der Waals surface area contributed by atoms with Gasteiger partial charge in [-0.05, 0) is 74.1 Å². The van der Waals surface area contributed by atoms with E-state index in [9.17, 15) is 9.90 Å². The zero-order valence-electron chi connectivity index (χ0n) is 17.4. The predicted octanol–water partition coefficient (Wildman–Crippen LogP) is 6.86. The average molecular weight is 507 g/mol. The van der Waals surface area contributed by atoms with E-state index in [2.05, 4.69) is 26.2 Å². The lowest BCUT2D eigenvalue weighted by molar-refractivity contribution is 0.432. The summed E-state index contributed by atoms with van der Waals surface area (Å²) in [5.74, 6) is -0.362. The van der Waals surface area contributed by atoms with Crippen LogP contribution < -0.4 is 5.56 Å². The third-order valence-corrected chi connectivity index (χ3v) is 5.85. The van der Waals surface area contributed by atoms with Crippen LogP contribution >= 0.6 is 28.1 Å². The zero-order valence-corrected chi connectivity index (χ0v) is 19.8. The Morgan fingerprint density at radius 3 is 2.19 bits per heavy atom. The Balaban J connectivity index is 2.01. The summed E-state index contributed by atoms with van der Waals surface area (Å²) in [5, 5.41) is 19.4. The van der Waals surface area contributed by atoms with Crippen LogP contribution in [0.3, 0.4) is 0 Å². The topological polar surface area (TPSA) is 71.9 Å². The lowest BCUT2D eigenvalue weighted by atomic mass is 10.2. The predicted molar refractivity (Wildman–Crippen MR) is 132 cm³/mol. The molecule has 0 amide bonds. The molecule has 0 aliphatic heterocycles. The summed E-state index contributed by atoms with van der Waals surface area (Å²) in [5.41, 5.74) is 2.94. The van der Waals surface area contributed by atoms with Gasteiger partial charge < -0.3 is 5.11 Å². The molecule has 6 nitrogen and oxygen atoms in total. The molecule has 8 heteroatoms. The number of benzene rings is 3. The highest BCUT2D eigenvalue weighted by atomic mass is 79.9. The molecule has 3 aromatic carbocycles. The first-order chi connectivity index (χ1) is 15.4. The summed E-state index contributed by atoms with van der Waals surface area (Å²) in [6.07, 6.45) is 0. The van der Waals surface area contributed by atoms with Gasteiger partial charge in [-0.1, -0.05) is 51.8 Å². The van der Waals surface area contributed by atoms with Gasteiger partial charge in [-0.25, -0.2) is 0 Å². The molecule has 0 aliphatic carbocycles. The highest BCUT2D eigenvalue weighted by Crippen LogP contribution is 2.30. The van der Waals surface area contributed by atoms with Crippen LogP contribution in [0.25, 0.3) is 11.4 Å². The van der Waals surface area contributed by atoms with Crippen molar-refractivity contribution in [2.45, 2.75) is 13.8 Å². The van der Waals surface area contributed by atoms with E-state index in [0.29, 0.717) is 17.1 Å². The number of aryl methyl sites for hydroxylation is 2. The Morgan fingerprint density at radius 1 is 0.875 bits per heavy atom. The van der Waals surface area contributed by atoms with Gasteiger partial charge in [-0.3, -0.25) is 13.9 Å². The lowest BCUT2D eigenvalue weighted by Crippen LogP contribution is -2.23. The molecule has 160 valence electrons. The quantitative estimate of drug-likeness (QED) is 0.242. The first-order valence-corrected chi connectivity index (χ1v) is 11.0. The third kappa shape index (κ3) is 4.19. The molecule has 32 heavy (non-hydrogen) atoms. The molecule has 0 saturated heterocycles. The molecule has 1 aromatic heterocycles. The summed E-state index contributed by atoms with van der Waals surface area (Å²) >= 11 is 9.04. The molecule has 1 heterocycles. The van der Waals surface area contributed by atoms with Crippen LogP contribution in [-0.2, 0) is 0 Å². The molecule has 4 aromatic rings. The van der Waals surface area contributed by atoms with Gasteiger partial charge in [0.2, 0.25) is 11.6 Å². The Kier molecular flexibility index (Phi) is 6.16. The van der Waals surface area contributed by atoms with Crippen molar-refractivity contribution in [2.75, 3.05) is 0 Å². The Bertz CT molecular complexity index is 1440. The number of azo groups is 1. The van der Waals surface area contributed by atoms with E-state index in [1.807, 2.05) is 62.4 Å². The highest BCUT2D eigenvalue weighted by Gasteiger charge is 2.20. The van der Waals surface area contributed by atoms with Crippen molar-refractivity contribution < 1.29 is 5.11 Å². The normalized spacial score (nSPS) is 11.2. The van der Waals surface area contributed by atoms with E-state index >= 15 is 0 Å². The molecule has 1 N–H and O–H groups in total. The summed E-state index contributed by atoms with van der Waals surface area (Å²) in [6.45, 7) is 3.87. The van der Waals surface area contributed by atoms with E-state index in [1.165, 1.54) is 9.13 Å². The maximum atomic E-state index is 13.4. The number of aromatic hydroxyl groups is 1. The fourth-order valence-electron chi connectivity index (χ4n) is 3.24. The second kappa shape index (κ2) is 9.02. The van der Waals surface area contributed by atoms with Crippen molar-refractivity contribution in [1.29, 1.82) is 0 Å². The highest BCUT2D eigenvalue weighted by molar-refractivity contribution is 9.10. The average Bonchev–Trinajstić information content (AvgIpc) is 2.77. The van der Waals surface area contributed by atoms with Crippen molar-refractivity contribution in [3.63, 3.8) is 0 Å². The van der Waals surface area contributed by atoms with Crippen molar-refractivity contribution in [3.8, 4) is 17.3 Å². The second-order valence-corrected chi connectivity index (χ2v) is 8.51. The number of para-hydroxylation sites is 1. The van der Waals surface area contributed by atoms with Gasteiger partial charge in [0.15, 0.2) is 4.77 Å². The number of hydrogen-bond acceptors (Lipinski definition) is 5. The van der Waals surface area contributed by atoms with Crippen LogP contribution in [0.15, 0.2) is 92.3 Å². The first kappa shape index (κ1) is 21.9. The van der Waals surface area contributed by atoms with Crippen LogP contribution in [0.2, 0.25) is 0 Å². The second-order valence-electron chi connectivity index (χ2n) is 7.23. The van der Waals surface area contributed by atoms with Crippen molar-refractivity contribution in [3.05, 3.63) is 104 Å². The monoisotopic (exact) mass is 506 g/mol. The molecule has 0 bridgehead atoms. The van der Waals surface area contributed by atoms with E-state index in [0.717, 1.165) is 15.6 Å². The SMILES string of the molecule is Cc1ccc(-n2c(=O)c(N=Nc3ccc(Br)cc3)c(O)n(-c3ccccc3C)c2=S)cc1. The van der Waals surface area contributed by atoms with Gasteiger partial charge in [0, 0.05) is 4.47 Å². The maximum absolute atomic E-state index is 13.4. The maximum Gasteiger partial charge on any atom is 0.290 e. The molecule has 0 spiro atoms. The van der Waals surface area contributed by atoms with Crippen LogP contribution in [0.5, 0.6) is 5.88 Å². The van der Waals surface area contributed by atoms with Crippen LogP contribution in [0, 0.1) is 18.6 Å². The van der Waals surface area contributed by atoms with Crippen molar-refractivity contribution in [2.24, 2.45) is 10.2 Å². The molecule has 0 fully saturated rings. The van der Waals surface area contributed by atoms with Crippen LogP contribution in [0.4, 0.5) is 11.4 Å². The number of nitrogens with zero attached hydrogens (tertiary/aromatic N) is 4. The van der Waals surface area contributed by atoms with E-state index in [1.54, 1.807) is 24.3 Å². The van der Waals surface area contributed by atoms with Gasteiger partial charge >= 0.3 is 0 Å². The molecule has 0 saturated carbocycles. The third-order valence-electron chi connectivity index (χ3n) is 4.95. The van der Waals surface area contributed by atoms with E-state index < -0.39 is 5.56 Å². The summed E-state index contributed by atoms with van der Waals surface area (Å²) in [7, 11) is 0. The summed E-state index contributed by atoms with van der Waals surface area (Å²) < 4.78 is 3.83. The van der Waals surface area contributed by atoms with Crippen molar-refractivity contribution >= 4 is 39.5 Å². The summed E-state index contributed by atoms with van der Waals surface area (Å²) in [4.78, 5) is 13.4. The minimum Gasteiger partial charge on any atom is -0.492 e. The molecular formula is C24H19BrN4O2S. The zero-order chi connectivity index (χ0) is 22.8. The molecule has 0 radical (unpaired) electrons. The molecule has 0 unspecified atom stereocenters. The number of aromatic nitrogens is 2. The van der Waals surface area contributed by atoms with Crippen molar-refractivity contribution in [1.82, 2.24) is 9.13 Å². The molecule has 0 aliphatic rings. The number of halogens is 1. The fourth-order valence-corrected chi connectivity index (χ4v) is 3.88. The molecular weight excluding hydrogens is 488 g/mol. The molecule has 4 rings (SSSR count). The van der Waals surface area contributed by atoms with Crippen LogP contribution in [0.1, 0.15) is 11.1 Å². The summed E-state index contributed by atoms with van der Waals surface area (Å²) in [6, 6.07) is 22.0.